The lowest BCUT2D eigenvalue weighted by atomic mass is 10.1. The van der Waals surface area contributed by atoms with Gasteiger partial charge in [0.05, 0.1) is 16.1 Å². The van der Waals surface area contributed by atoms with Crippen LogP contribution in [0.25, 0.3) is 11.0 Å². The van der Waals surface area contributed by atoms with Crippen LogP contribution in [0.5, 0.6) is 0 Å². The summed E-state index contributed by atoms with van der Waals surface area (Å²) in [5.41, 5.74) is 2.63. The second kappa shape index (κ2) is 6.72. The number of fused-ring (bicyclic) bond motifs is 1. The number of amides is 1. The number of imidazole rings is 1. The Hall–Kier alpha value is -2.60. The SMILES string of the molecule is Cc1[nH]c(=O)c(C(=O)NCCc2nc3ccccc3n2C)c(C)c1Cl. The zero-order valence-corrected chi connectivity index (χ0v) is 15.1. The molecule has 0 atom stereocenters. The molecule has 2 heterocycles. The van der Waals surface area contributed by atoms with Crippen molar-refractivity contribution < 1.29 is 4.79 Å². The maximum absolute atomic E-state index is 12.4. The zero-order chi connectivity index (χ0) is 18.1. The number of aromatic amines is 1. The molecule has 7 heteroatoms. The molecule has 2 aromatic heterocycles. The largest absolute Gasteiger partial charge is 0.351 e. The average molecular weight is 359 g/mol. The van der Waals surface area contributed by atoms with Crippen LogP contribution in [-0.4, -0.2) is 27.0 Å². The van der Waals surface area contributed by atoms with Gasteiger partial charge in [0.2, 0.25) is 0 Å². The van der Waals surface area contributed by atoms with Crippen molar-refractivity contribution in [1.29, 1.82) is 0 Å². The normalized spacial score (nSPS) is 11.0. The van der Waals surface area contributed by atoms with Crippen LogP contribution in [0.15, 0.2) is 29.1 Å². The Balaban J connectivity index is 1.74. The van der Waals surface area contributed by atoms with Gasteiger partial charge in [0.1, 0.15) is 11.4 Å². The second-order valence-corrected chi connectivity index (χ2v) is 6.35. The number of rotatable bonds is 4. The summed E-state index contributed by atoms with van der Waals surface area (Å²) in [4.78, 5) is 31.6. The van der Waals surface area contributed by atoms with Crippen molar-refractivity contribution in [3.8, 4) is 0 Å². The van der Waals surface area contributed by atoms with E-state index in [2.05, 4.69) is 15.3 Å². The van der Waals surface area contributed by atoms with E-state index < -0.39 is 11.5 Å². The average Bonchev–Trinajstić information content (AvgIpc) is 2.89. The first-order valence-electron chi connectivity index (χ1n) is 7.97. The quantitative estimate of drug-likeness (QED) is 0.752. The van der Waals surface area contributed by atoms with E-state index in [1.165, 1.54) is 0 Å². The summed E-state index contributed by atoms with van der Waals surface area (Å²) in [5, 5.41) is 3.18. The number of carbonyl (C=O) groups is 1. The minimum atomic E-state index is -0.431. The van der Waals surface area contributed by atoms with E-state index in [1.54, 1.807) is 13.8 Å². The third kappa shape index (κ3) is 3.17. The fourth-order valence-corrected chi connectivity index (χ4v) is 3.06. The third-order valence-electron chi connectivity index (χ3n) is 4.30. The Bertz CT molecular complexity index is 1020. The summed E-state index contributed by atoms with van der Waals surface area (Å²) in [7, 11) is 1.95. The van der Waals surface area contributed by atoms with Crippen molar-refractivity contribution >= 4 is 28.5 Å². The molecular formula is C18H19ClN4O2. The molecule has 3 aromatic rings. The number of carbonyl (C=O) groups excluding carboxylic acids is 1. The number of para-hydroxylation sites is 2. The number of benzene rings is 1. The Morgan fingerprint density at radius 2 is 2.04 bits per heavy atom. The molecule has 0 unspecified atom stereocenters. The molecule has 0 bridgehead atoms. The van der Waals surface area contributed by atoms with E-state index in [1.807, 2.05) is 35.9 Å². The van der Waals surface area contributed by atoms with Gasteiger partial charge in [-0.15, -0.1) is 0 Å². The molecule has 0 radical (unpaired) electrons. The number of halogens is 1. The van der Waals surface area contributed by atoms with Gasteiger partial charge in [-0.05, 0) is 31.5 Å². The zero-order valence-electron chi connectivity index (χ0n) is 14.3. The van der Waals surface area contributed by atoms with E-state index in [0.717, 1.165) is 16.9 Å². The van der Waals surface area contributed by atoms with Gasteiger partial charge in [-0.2, -0.15) is 0 Å². The predicted octanol–water partition coefficient (Wildman–Crippen LogP) is 2.50. The first-order valence-corrected chi connectivity index (χ1v) is 8.35. The second-order valence-electron chi connectivity index (χ2n) is 5.97. The van der Waals surface area contributed by atoms with Crippen LogP contribution >= 0.6 is 11.6 Å². The van der Waals surface area contributed by atoms with Crippen molar-refractivity contribution in [3.05, 3.63) is 62.3 Å². The molecule has 130 valence electrons. The summed E-state index contributed by atoms with van der Waals surface area (Å²) in [6, 6.07) is 7.86. The number of pyridine rings is 1. The van der Waals surface area contributed by atoms with Crippen molar-refractivity contribution in [3.63, 3.8) is 0 Å². The molecule has 0 saturated carbocycles. The monoisotopic (exact) mass is 358 g/mol. The van der Waals surface area contributed by atoms with Gasteiger partial charge >= 0.3 is 0 Å². The standard InChI is InChI=1S/C18H19ClN4O2/c1-10-15(18(25)21-11(2)16(10)19)17(24)20-9-8-14-22-12-6-4-5-7-13(12)23(14)3/h4-7H,8-9H2,1-3H3,(H,20,24)(H,21,25). The van der Waals surface area contributed by atoms with Crippen LogP contribution in [0, 0.1) is 13.8 Å². The first kappa shape index (κ1) is 17.2. The van der Waals surface area contributed by atoms with Crippen LogP contribution in [0.3, 0.4) is 0 Å². The molecule has 6 nitrogen and oxygen atoms in total. The first-order chi connectivity index (χ1) is 11.9. The fourth-order valence-electron chi connectivity index (χ4n) is 2.92. The van der Waals surface area contributed by atoms with Gasteiger partial charge in [-0.3, -0.25) is 9.59 Å². The summed E-state index contributed by atoms with van der Waals surface area (Å²) in [6.45, 7) is 3.75. The molecular weight excluding hydrogens is 340 g/mol. The minimum absolute atomic E-state index is 0.0561. The third-order valence-corrected chi connectivity index (χ3v) is 4.87. The topological polar surface area (TPSA) is 79.8 Å². The minimum Gasteiger partial charge on any atom is -0.351 e. The number of nitrogens with zero attached hydrogens (tertiary/aromatic N) is 2. The van der Waals surface area contributed by atoms with Crippen LogP contribution in [-0.2, 0) is 13.5 Å². The smallest absolute Gasteiger partial charge is 0.261 e. The number of nitrogens with one attached hydrogen (secondary N) is 2. The number of H-pyrrole nitrogens is 1. The summed E-state index contributed by atoms with van der Waals surface area (Å²) >= 11 is 6.13. The maximum atomic E-state index is 12.4. The van der Waals surface area contributed by atoms with Gasteiger partial charge in [-0.25, -0.2) is 4.98 Å². The van der Waals surface area contributed by atoms with E-state index in [0.29, 0.717) is 29.2 Å². The predicted molar refractivity (Wildman–Crippen MR) is 98.3 cm³/mol. The Morgan fingerprint density at radius 1 is 1.32 bits per heavy atom. The number of hydrogen-bond donors (Lipinski definition) is 2. The van der Waals surface area contributed by atoms with Crippen molar-refractivity contribution in [1.82, 2.24) is 19.9 Å². The highest BCUT2D eigenvalue weighted by atomic mass is 35.5. The lowest BCUT2D eigenvalue weighted by molar-refractivity contribution is 0.0951. The number of aromatic nitrogens is 3. The molecule has 0 spiro atoms. The molecule has 0 aliphatic rings. The van der Waals surface area contributed by atoms with Crippen LogP contribution < -0.4 is 10.9 Å². The van der Waals surface area contributed by atoms with Crippen molar-refractivity contribution in [2.24, 2.45) is 7.05 Å². The highest BCUT2D eigenvalue weighted by molar-refractivity contribution is 6.32. The molecule has 25 heavy (non-hydrogen) atoms. The van der Waals surface area contributed by atoms with Gasteiger partial charge in [-0.1, -0.05) is 23.7 Å². The highest BCUT2D eigenvalue weighted by Gasteiger charge is 2.17. The van der Waals surface area contributed by atoms with Gasteiger partial charge in [0.25, 0.3) is 11.5 Å². The molecule has 0 saturated heterocycles. The Morgan fingerprint density at radius 3 is 2.76 bits per heavy atom. The molecule has 0 aliphatic heterocycles. The molecule has 3 rings (SSSR count). The number of aryl methyl sites for hydroxylation is 2. The molecule has 1 aromatic carbocycles. The number of hydrogen-bond acceptors (Lipinski definition) is 3. The summed E-state index contributed by atoms with van der Waals surface area (Å²) in [5.74, 6) is 0.438. The Kier molecular flexibility index (Phi) is 4.63. The van der Waals surface area contributed by atoms with E-state index >= 15 is 0 Å². The van der Waals surface area contributed by atoms with E-state index in [9.17, 15) is 9.59 Å². The fraction of sp³-hybridized carbons (Fsp3) is 0.278. The Labute approximate surface area is 149 Å². The van der Waals surface area contributed by atoms with Crippen LogP contribution in [0.2, 0.25) is 5.02 Å². The van der Waals surface area contributed by atoms with E-state index in [-0.39, 0.29) is 5.56 Å². The molecule has 2 N–H and O–H groups in total. The van der Waals surface area contributed by atoms with Gasteiger partial charge < -0.3 is 14.9 Å². The van der Waals surface area contributed by atoms with Crippen molar-refractivity contribution in [2.45, 2.75) is 20.3 Å². The lowest BCUT2D eigenvalue weighted by Crippen LogP contribution is -2.32. The summed E-state index contributed by atoms with van der Waals surface area (Å²) < 4.78 is 2.00. The molecule has 0 aliphatic carbocycles. The van der Waals surface area contributed by atoms with Crippen LogP contribution in [0.4, 0.5) is 0 Å². The lowest BCUT2D eigenvalue weighted by Gasteiger charge is -2.10. The van der Waals surface area contributed by atoms with Gasteiger partial charge in [0.15, 0.2) is 0 Å². The summed E-state index contributed by atoms with van der Waals surface area (Å²) in [6.07, 6.45) is 0.563. The maximum Gasteiger partial charge on any atom is 0.261 e. The van der Waals surface area contributed by atoms with Gasteiger partial charge in [0, 0.05) is 25.7 Å². The molecule has 1 amide bonds. The highest BCUT2D eigenvalue weighted by Crippen LogP contribution is 2.19. The molecule has 0 fully saturated rings. The van der Waals surface area contributed by atoms with Crippen LogP contribution in [0.1, 0.15) is 27.4 Å². The van der Waals surface area contributed by atoms with Crippen molar-refractivity contribution in [2.75, 3.05) is 6.54 Å². The van der Waals surface area contributed by atoms with E-state index in [4.69, 9.17) is 11.6 Å².